The predicted molar refractivity (Wildman–Crippen MR) is 136 cm³/mol. The van der Waals surface area contributed by atoms with Gasteiger partial charge in [-0.2, -0.15) is 0 Å². The van der Waals surface area contributed by atoms with E-state index in [9.17, 15) is 14.9 Å². The van der Waals surface area contributed by atoms with Crippen molar-refractivity contribution in [2.24, 2.45) is 0 Å². The van der Waals surface area contributed by atoms with Crippen molar-refractivity contribution in [1.29, 1.82) is 0 Å². The average Bonchev–Trinajstić information content (AvgIpc) is 3.47. The van der Waals surface area contributed by atoms with E-state index in [-0.39, 0.29) is 23.0 Å². The van der Waals surface area contributed by atoms with Crippen molar-refractivity contribution in [1.82, 2.24) is 19.7 Å². The Kier molecular flexibility index (Phi) is 6.02. The lowest BCUT2D eigenvalue weighted by Gasteiger charge is -2.12. The first-order valence-corrected chi connectivity index (χ1v) is 11.8. The molecule has 35 heavy (non-hydrogen) atoms. The van der Waals surface area contributed by atoms with Crippen LogP contribution in [0, 0.1) is 17.0 Å². The van der Waals surface area contributed by atoms with Crippen LogP contribution in [0.25, 0.3) is 28.0 Å². The summed E-state index contributed by atoms with van der Waals surface area (Å²) in [7, 11) is 0. The van der Waals surface area contributed by atoms with Crippen molar-refractivity contribution in [2.45, 2.75) is 12.1 Å². The molecule has 1 amide bonds. The third-order valence-electron chi connectivity index (χ3n) is 5.53. The first kappa shape index (κ1) is 22.4. The molecule has 174 valence electrons. The standard InChI is InChI=1S/C25H20N6O3S/c1-16-8-2-6-12-21(16)30-24(18-14-26-19-10-4-3-9-17(18)19)28-29-25(30)35-15-23(32)27-20-11-5-7-13-22(20)31(33)34/h2-14,26H,15H2,1H3,(H,27,32). The number of aryl methyl sites for hydroxylation is 1. The first-order chi connectivity index (χ1) is 17.0. The number of anilines is 1. The lowest BCUT2D eigenvalue weighted by Crippen LogP contribution is -2.15. The molecule has 0 bridgehead atoms. The molecule has 0 radical (unpaired) electrons. The molecule has 10 heteroatoms. The van der Waals surface area contributed by atoms with Crippen molar-refractivity contribution in [2.75, 3.05) is 11.1 Å². The zero-order valence-corrected chi connectivity index (χ0v) is 19.5. The Labute approximate surface area is 204 Å². The number of carbonyl (C=O) groups is 1. The van der Waals surface area contributed by atoms with Crippen molar-refractivity contribution < 1.29 is 9.72 Å². The molecule has 0 saturated carbocycles. The van der Waals surface area contributed by atoms with Gasteiger partial charge in [0.15, 0.2) is 11.0 Å². The van der Waals surface area contributed by atoms with Crippen LogP contribution in [0.4, 0.5) is 11.4 Å². The number of hydrogen-bond donors (Lipinski definition) is 2. The molecule has 9 nitrogen and oxygen atoms in total. The number of H-pyrrole nitrogens is 1. The van der Waals surface area contributed by atoms with E-state index in [1.165, 1.54) is 23.9 Å². The molecule has 2 N–H and O–H groups in total. The number of amides is 1. The minimum Gasteiger partial charge on any atom is -0.360 e. The van der Waals surface area contributed by atoms with Crippen LogP contribution in [0.1, 0.15) is 5.56 Å². The number of nitro groups is 1. The van der Waals surface area contributed by atoms with E-state index in [0.29, 0.717) is 11.0 Å². The van der Waals surface area contributed by atoms with Gasteiger partial charge in [0.1, 0.15) is 5.69 Å². The second kappa shape index (κ2) is 9.43. The lowest BCUT2D eigenvalue weighted by molar-refractivity contribution is -0.383. The molecule has 0 saturated heterocycles. The second-order valence-electron chi connectivity index (χ2n) is 7.79. The Morgan fingerprint density at radius 3 is 2.63 bits per heavy atom. The molecular formula is C25H20N6O3S. The molecule has 0 spiro atoms. The maximum Gasteiger partial charge on any atom is 0.292 e. The fraction of sp³-hybridized carbons (Fsp3) is 0.0800. The molecule has 2 heterocycles. The predicted octanol–water partition coefficient (Wildman–Crippen LogP) is 5.36. The Balaban J connectivity index is 1.48. The molecule has 5 rings (SSSR count). The summed E-state index contributed by atoms with van der Waals surface area (Å²) in [5.74, 6) is 0.278. The SMILES string of the molecule is Cc1ccccc1-n1c(SCC(=O)Nc2ccccc2[N+](=O)[O-])nnc1-c1c[nH]c2ccccc12. The number of nitrogens with zero attached hydrogens (tertiary/aromatic N) is 4. The number of thioether (sulfide) groups is 1. The molecular weight excluding hydrogens is 464 g/mol. The van der Waals surface area contributed by atoms with Crippen LogP contribution in [0.2, 0.25) is 0 Å². The molecule has 0 aliphatic heterocycles. The largest absolute Gasteiger partial charge is 0.360 e. The highest BCUT2D eigenvalue weighted by atomic mass is 32.2. The van der Waals surface area contributed by atoms with E-state index in [4.69, 9.17) is 0 Å². The van der Waals surface area contributed by atoms with Crippen molar-refractivity contribution >= 4 is 39.9 Å². The summed E-state index contributed by atoms with van der Waals surface area (Å²) in [5, 5.41) is 24.3. The van der Waals surface area contributed by atoms with Gasteiger partial charge in [-0.1, -0.05) is 60.3 Å². The van der Waals surface area contributed by atoms with E-state index >= 15 is 0 Å². The Hall–Kier alpha value is -4.44. The normalized spacial score (nSPS) is 11.0. The van der Waals surface area contributed by atoms with Gasteiger partial charge in [-0.05, 0) is 30.7 Å². The summed E-state index contributed by atoms with van der Waals surface area (Å²) in [6.45, 7) is 2.00. The molecule has 0 unspecified atom stereocenters. The van der Waals surface area contributed by atoms with Crippen LogP contribution < -0.4 is 5.32 Å². The Morgan fingerprint density at radius 2 is 1.80 bits per heavy atom. The molecule has 0 fully saturated rings. The van der Waals surface area contributed by atoms with Gasteiger partial charge in [-0.15, -0.1) is 10.2 Å². The first-order valence-electron chi connectivity index (χ1n) is 10.8. The number of aromatic amines is 1. The molecule has 2 aromatic heterocycles. The third-order valence-corrected chi connectivity index (χ3v) is 6.46. The fourth-order valence-corrected chi connectivity index (χ4v) is 4.63. The molecule has 0 aliphatic carbocycles. The number of nitro benzene ring substituents is 1. The zero-order chi connectivity index (χ0) is 24.4. The van der Waals surface area contributed by atoms with Crippen LogP contribution in [0.15, 0.2) is 84.1 Å². The summed E-state index contributed by atoms with van der Waals surface area (Å²) in [4.78, 5) is 26.7. The number of nitrogens with one attached hydrogen (secondary N) is 2. The number of para-hydroxylation sites is 4. The summed E-state index contributed by atoms with van der Waals surface area (Å²) in [6.07, 6.45) is 1.90. The minimum absolute atomic E-state index is 0.00392. The molecule has 0 aliphatic rings. The number of aromatic nitrogens is 4. The number of rotatable bonds is 7. The summed E-state index contributed by atoms with van der Waals surface area (Å²) in [5.41, 5.74) is 3.81. The van der Waals surface area contributed by atoms with E-state index in [1.54, 1.807) is 12.1 Å². The fourth-order valence-electron chi connectivity index (χ4n) is 3.88. The zero-order valence-electron chi connectivity index (χ0n) is 18.6. The second-order valence-corrected chi connectivity index (χ2v) is 8.73. The van der Waals surface area contributed by atoms with Gasteiger partial charge in [0.2, 0.25) is 5.91 Å². The summed E-state index contributed by atoms with van der Waals surface area (Å²) >= 11 is 1.21. The van der Waals surface area contributed by atoms with Crippen molar-refractivity contribution in [3.8, 4) is 17.1 Å². The lowest BCUT2D eigenvalue weighted by atomic mass is 10.1. The number of benzene rings is 3. The number of carbonyl (C=O) groups excluding carboxylic acids is 1. The van der Waals surface area contributed by atoms with Gasteiger partial charge >= 0.3 is 0 Å². The van der Waals surface area contributed by atoms with Crippen LogP contribution in [-0.4, -0.2) is 36.3 Å². The van der Waals surface area contributed by atoms with E-state index in [0.717, 1.165) is 27.7 Å². The van der Waals surface area contributed by atoms with Crippen LogP contribution >= 0.6 is 11.8 Å². The topological polar surface area (TPSA) is 119 Å². The van der Waals surface area contributed by atoms with Gasteiger partial charge in [0.05, 0.1) is 16.4 Å². The maximum atomic E-state index is 12.7. The number of hydrogen-bond acceptors (Lipinski definition) is 6. The van der Waals surface area contributed by atoms with E-state index in [1.807, 2.05) is 66.2 Å². The minimum atomic E-state index is -0.523. The van der Waals surface area contributed by atoms with Gasteiger partial charge < -0.3 is 10.3 Å². The van der Waals surface area contributed by atoms with E-state index < -0.39 is 4.92 Å². The average molecular weight is 485 g/mol. The van der Waals surface area contributed by atoms with Gasteiger partial charge in [-0.25, -0.2) is 0 Å². The molecule has 0 atom stereocenters. The third kappa shape index (κ3) is 4.38. The maximum absolute atomic E-state index is 12.7. The van der Waals surface area contributed by atoms with Crippen molar-refractivity contribution in [3.05, 3.63) is 94.7 Å². The van der Waals surface area contributed by atoms with E-state index in [2.05, 4.69) is 20.5 Å². The number of fused-ring (bicyclic) bond motifs is 1. The Bertz CT molecular complexity index is 1560. The van der Waals surface area contributed by atoms with Gasteiger partial charge in [-0.3, -0.25) is 19.5 Å². The highest BCUT2D eigenvalue weighted by molar-refractivity contribution is 7.99. The highest BCUT2D eigenvalue weighted by Gasteiger charge is 2.21. The molecule has 5 aromatic rings. The van der Waals surface area contributed by atoms with Crippen LogP contribution in [0.5, 0.6) is 0 Å². The van der Waals surface area contributed by atoms with Crippen molar-refractivity contribution in [3.63, 3.8) is 0 Å². The smallest absolute Gasteiger partial charge is 0.292 e. The highest BCUT2D eigenvalue weighted by Crippen LogP contribution is 2.33. The Morgan fingerprint density at radius 1 is 1.06 bits per heavy atom. The quantitative estimate of drug-likeness (QED) is 0.182. The van der Waals surface area contributed by atoms with Gasteiger partial charge in [0, 0.05) is 28.7 Å². The van der Waals surface area contributed by atoms with Gasteiger partial charge in [0.25, 0.3) is 5.69 Å². The van der Waals surface area contributed by atoms with Crippen LogP contribution in [-0.2, 0) is 4.79 Å². The molecule has 3 aromatic carbocycles. The van der Waals surface area contributed by atoms with Crippen LogP contribution in [0.3, 0.4) is 0 Å². The monoisotopic (exact) mass is 484 g/mol. The summed E-state index contributed by atoms with van der Waals surface area (Å²) in [6, 6.07) is 21.9. The summed E-state index contributed by atoms with van der Waals surface area (Å²) < 4.78 is 1.94.